The Labute approximate surface area is 116 Å². The Kier molecular flexibility index (Phi) is 4.21. The molecule has 0 aromatic heterocycles. The lowest BCUT2D eigenvalue weighted by Gasteiger charge is -2.08. The van der Waals surface area contributed by atoms with E-state index in [9.17, 15) is 0 Å². The number of rotatable bonds is 2. The smallest absolute Gasteiger partial charge is 0.116 e. The van der Waals surface area contributed by atoms with E-state index in [1.54, 1.807) is 0 Å². The zero-order chi connectivity index (χ0) is 11.5. The Bertz CT molecular complexity index is 394. The fraction of sp³-hybridized carbons (Fsp3) is 0.400. The van der Waals surface area contributed by atoms with E-state index in [1.807, 2.05) is 17.1 Å². The topological polar surface area (TPSA) is 28.0 Å². The van der Waals surface area contributed by atoms with Crippen LogP contribution in [0.2, 0.25) is 5.02 Å². The van der Waals surface area contributed by atoms with Gasteiger partial charge in [0.1, 0.15) is 5.69 Å². The highest BCUT2D eigenvalue weighted by molar-refractivity contribution is 9.11. The molecule has 0 radical (unpaired) electrons. The minimum Gasteiger partial charge on any atom is -0.278 e. The van der Waals surface area contributed by atoms with Crippen molar-refractivity contribution >= 4 is 49.1 Å². The Morgan fingerprint density at radius 1 is 1.12 bits per heavy atom. The molecule has 0 bridgehead atoms. The second-order valence-corrected chi connectivity index (χ2v) is 5.71. The minimum absolute atomic E-state index is 0.666. The van der Waals surface area contributed by atoms with Crippen LogP contribution in [0.25, 0.3) is 0 Å². The summed E-state index contributed by atoms with van der Waals surface area (Å²) >= 11 is 12.7. The van der Waals surface area contributed by atoms with Crippen molar-refractivity contribution in [2.24, 2.45) is 10.3 Å². The van der Waals surface area contributed by atoms with E-state index in [4.69, 9.17) is 11.6 Å². The van der Waals surface area contributed by atoms with E-state index in [-0.39, 0.29) is 0 Å². The monoisotopic (exact) mass is 365 g/mol. The third kappa shape index (κ3) is 2.96. The zero-order valence-corrected chi connectivity index (χ0v) is 12.4. The molecule has 3 nitrogen and oxygen atoms in total. The van der Waals surface area contributed by atoms with Crippen molar-refractivity contribution < 1.29 is 0 Å². The van der Waals surface area contributed by atoms with Gasteiger partial charge < -0.3 is 0 Å². The van der Waals surface area contributed by atoms with Gasteiger partial charge in [-0.2, -0.15) is 0 Å². The van der Waals surface area contributed by atoms with Gasteiger partial charge in [-0.25, -0.2) is 0 Å². The van der Waals surface area contributed by atoms with Gasteiger partial charge in [0.2, 0.25) is 0 Å². The molecule has 1 aromatic carbocycles. The normalized spacial score (nSPS) is 16.3. The Balaban J connectivity index is 2.20. The van der Waals surface area contributed by atoms with Crippen LogP contribution >= 0.6 is 43.5 Å². The maximum absolute atomic E-state index is 5.91. The maximum Gasteiger partial charge on any atom is 0.116 e. The SMILES string of the molecule is Clc1cc(Br)c(N=NN2CCCC2)c(Br)c1. The number of hydrogen-bond acceptors (Lipinski definition) is 2. The molecular formula is C10H10Br2ClN3. The average molecular weight is 367 g/mol. The standard InChI is InChI=1S/C10H10Br2ClN3/c11-8-5-7(13)6-9(12)10(8)14-15-16-3-1-2-4-16/h5-6H,1-4H2. The molecule has 16 heavy (non-hydrogen) atoms. The van der Waals surface area contributed by atoms with Crippen LogP contribution < -0.4 is 0 Å². The highest BCUT2D eigenvalue weighted by Crippen LogP contribution is 2.36. The molecular weight excluding hydrogens is 357 g/mol. The molecule has 0 spiro atoms. The molecule has 1 heterocycles. The summed E-state index contributed by atoms with van der Waals surface area (Å²) in [5.74, 6) is 0. The molecule has 2 rings (SSSR count). The van der Waals surface area contributed by atoms with Crippen LogP contribution in [-0.4, -0.2) is 18.1 Å². The van der Waals surface area contributed by atoms with Gasteiger partial charge in [-0.05, 0) is 56.8 Å². The van der Waals surface area contributed by atoms with Gasteiger partial charge in [-0.1, -0.05) is 16.8 Å². The summed E-state index contributed by atoms with van der Waals surface area (Å²) in [5.41, 5.74) is 0.774. The molecule has 1 fully saturated rings. The molecule has 0 atom stereocenters. The molecule has 0 aliphatic carbocycles. The number of nitrogens with zero attached hydrogens (tertiary/aromatic N) is 3. The lowest BCUT2D eigenvalue weighted by molar-refractivity contribution is 0.336. The number of halogens is 3. The zero-order valence-electron chi connectivity index (χ0n) is 8.46. The van der Waals surface area contributed by atoms with Gasteiger partial charge in [-0.15, -0.1) is 5.11 Å². The molecule has 1 saturated heterocycles. The van der Waals surface area contributed by atoms with Crippen molar-refractivity contribution in [3.63, 3.8) is 0 Å². The Hall–Kier alpha value is -0.130. The minimum atomic E-state index is 0.666. The van der Waals surface area contributed by atoms with Crippen LogP contribution in [0.1, 0.15) is 12.8 Å². The molecule has 0 N–H and O–H groups in total. The summed E-state index contributed by atoms with van der Waals surface area (Å²) in [6.45, 7) is 1.98. The lowest BCUT2D eigenvalue weighted by atomic mass is 10.3. The quantitative estimate of drug-likeness (QED) is 0.679. The van der Waals surface area contributed by atoms with Gasteiger partial charge >= 0.3 is 0 Å². The number of benzene rings is 1. The van der Waals surface area contributed by atoms with E-state index >= 15 is 0 Å². The predicted octanol–water partition coefficient (Wildman–Crippen LogP) is 4.96. The van der Waals surface area contributed by atoms with Crippen LogP contribution in [0.4, 0.5) is 5.69 Å². The summed E-state index contributed by atoms with van der Waals surface area (Å²) in [7, 11) is 0. The van der Waals surface area contributed by atoms with Gasteiger partial charge in [0, 0.05) is 27.1 Å². The van der Waals surface area contributed by atoms with Crippen LogP contribution in [0, 0.1) is 0 Å². The third-order valence-electron chi connectivity index (χ3n) is 2.34. The van der Waals surface area contributed by atoms with Gasteiger partial charge in [0.15, 0.2) is 0 Å². The first-order valence-corrected chi connectivity index (χ1v) is 6.94. The first-order chi connectivity index (χ1) is 7.66. The molecule has 6 heteroatoms. The van der Waals surface area contributed by atoms with Gasteiger partial charge in [0.25, 0.3) is 0 Å². The summed E-state index contributed by atoms with van der Waals surface area (Å²) in [6.07, 6.45) is 2.39. The second kappa shape index (κ2) is 5.47. The molecule has 1 aliphatic heterocycles. The van der Waals surface area contributed by atoms with E-state index in [0.29, 0.717) is 5.02 Å². The van der Waals surface area contributed by atoms with E-state index in [1.165, 1.54) is 12.8 Å². The Morgan fingerprint density at radius 3 is 2.25 bits per heavy atom. The first-order valence-electron chi connectivity index (χ1n) is 4.98. The molecule has 1 aromatic rings. The van der Waals surface area contributed by atoms with Gasteiger partial charge in [-0.3, -0.25) is 5.01 Å². The average Bonchev–Trinajstić information content (AvgIpc) is 2.68. The van der Waals surface area contributed by atoms with Crippen LogP contribution in [-0.2, 0) is 0 Å². The highest BCUT2D eigenvalue weighted by Gasteiger charge is 2.10. The fourth-order valence-electron chi connectivity index (χ4n) is 1.53. The summed E-state index contributed by atoms with van der Waals surface area (Å²) < 4.78 is 1.68. The van der Waals surface area contributed by atoms with Crippen LogP contribution in [0.5, 0.6) is 0 Å². The van der Waals surface area contributed by atoms with Crippen molar-refractivity contribution in [2.45, 2.75) is 12.8 Å². The van der Waals surface area contributed by atoms with Crippen molar-refractivity contribution in [2.75, 3.05) is 13.1 Å². The summed E-state index contributed by atoms with van der Waals surface area (Å²) in [6, 6.07) is 3.62. The van der Waals surface area contributed by atoms with E-state index < -0.39 is 0 Å². The van der Waals surface area contributed by atoms with Crippen molar-refractivity contribution in [3.05, 3.63) is 26.1 Å². The lowest BCUT2D eigenvalue weighted by Crippen LogP contribution is -2.09. The second-order valence-electron chi connectivity index (χ2n) is 3.57. The molecule has 0 saturated carbocycles. The van der Waals surface area contributed by atoms with Crippen LogP contribution in [0.15, 0.2) is 31.4 Å². The van der Waals surface area contributed by atoms with Crippen molar-refractivity contribution in [1.82, 2.24) is 5.01 Å². The van der Waals surface area contributed by atoms with Crippen molar-refractivity contribution in [1.29, 1.82) is 0 Å². The number of hydrogen-bond donors (Lipinski definition) is 0. The van der Waals surface area contributed by atoms with E-state index in [2.05, 4.69) is 42.2 Å². The third-order valence-corrected chi connectivity index (χ3v) is 3.76. The predicted molar refractivity (Wildman–Crippen MR) is 72.2 cm³/mol. The molecule has 0 amide bonds. The van der Waals surface area contributed by atoms with E-state index in [0.717, 1.165) is 27.7 Å². The maximum atomic E-state index is 5.91. The Morgan fingerprint density at radius 2 is 1.69 bits per heavy atom. The molecule has 1 aliphatic rings. The largest absolute Gasteiger partial charge is 0.278 e. The summed E-state index contributed by atoms with van der Waals surface area (Å²) in [4.78, 5) is 0. The summed E-state index contributed by atoms with van der Waals surface area (Å²) in [5, 5.41) is 11.1. The fourth-order valence-corrected chi connectivity index (χ4v) is 3.35. The highest BCUT2D eigenvalue weighted by atomic mass is 79.9. The first kappa shape index (κ1) is 12.3. The van der Waals surface area contributed by atoms with Crippen LogP contribution in [0.3, 0.4) is 0 Å². The molecule has 0 unspecified atom stereocenters. The van der Waals surface area contributed by atoms with Crippen molar-refractivity contribution in [3.8, 4) is 0 Å². The molecule has 86 valence electrons. The van der Waals surface area contributed by atoms with Gasteiger partial charge in [0.05, 0.1) is 0 Å².